The number of fused-ring (bicyclic) bond motifs is 2. The quantitative estimate of drug-likeness (QED) is 0.423. The van der Waals surface area contributed by atoms with Crippen LogP contribution in [-0.2, 0) is 17.9 Å². The summed E-state index contributed by atoms with van der Waals surface area (Å²) in [5.41, 5.74) is 2.55. The number of ether oxygens (including phenoxy) is 3. The average molecular weight is 473 g/mol. The minimum atomic E-state index is -0.525. The van der Waals surface area contributed by atoms with E-state index >= 15 is 0 Å². The highest BCUT2D eigenvalue weighted by atomic mass is 16.7. The van der Waals surface area contributed by atoms with E-state index in [1.54, 1.807) is 12.1 Å². The number of nitrogens with one attached hydrogen (secondary N) is 2. The zero-order valence-corrected chi connectivity index (χ0v) is 19.3. The second kappa shape index (κ2) is 9.38. The summed E-state index contributed by atoms with van der Waals surface area (Å²) in [4.78, 5) is 30.0. The Hall–Kier alpha value is -4.53. The minimum absolute atomic E-state index is 0.189. The predicted octanol–water partition coefficient (Wildman–Crippen LogP) is 3.69. The van der Waals surface area contributed by atoms with E-state index in [0.29, 0.717) is 40.8 Å². The maximum atomic E-state index is 13.0. The number of rotatable bonds is 7. The second-order valence-electron chi connectivity index (χ2n) is 8.14. The lowest BCUT2D eigenvalue weighted by molar-refractivity contribution is -0.116. The van der Waals surface area contributed by atoms with Crippen LogP contribution in [0.15, 0.2) is 65.5 Å². The van der Waals surface area contributed by atoms with Gasteiger partial charge in [-0.05, 0) is 54.4 Å². The first-order valence-corrected chi connectivity index (χ1v) is 11.1. The predicted molar refractivity (Wildman–Crippen MR) is 132 cm³/mol. The lowest BCUT2D eigenvalue weighted by atomic mass is 10.2. The van der Waals surface area contributed by atoms with Gasteiger partial charge in [-0.15, -0.1) is 0 Å². The van der Waals surface area contributed by atoms with E-state index in [1.807, 2.05) is 55.5 Å². The molecule has 3 aromatic carbocycles. The summed E-state index contributed by atoms with van der Waals surface area (Å²) in [7, 11) is 1.54. The maximum Gasteiger partial charge on any atom is 0.350 e. The zero-order chi connectivity index (χ0) is 24.4. The highest BCUT2D eigenvalue weighted by molar-refractivity contribution is 5.94. The Morgan fingerprint density at radius 1 is 1.09 bits per heavy atom. The summed E-state index contributed by atoms with van der Waals surface area (Å²) >= 11 is 0. The third kappa shape index (κ3) is 4.61. The van der Waals surface area contributed by atoms with Gasteiger partial charge in [-0.2, -0.15) is 4.98 Å². The van der Waals surface area contributed by atoms with Crippen molar-refractivity contribution >= 4 is 28.3 Å². The maximum absolute atomic E-state index is 13.0. The molecule has 1 aliphatic heterocycles. The van der Waals surface area contributed by atoms with Crippen molar-refractivity contribution in [2.45, 2.75) is 20.0 Å². The molecular weight excluding hydrogens is 448 g/mol. The SMILES string of the molecule is COc1ccc(C)cc1NC(=O)Cn1c(=O)nc(NCc2ccc3c(c2)OCO3)c2ccccc21. The van der Waals surface area contributed by atoms with Crippen molar-refractivity contribution in [3.63, 3.8) is 0 Å². The number of anilines is 2. The number of carbonyl (C=O) groups excluding carboxylic acids is 1. The van der Waals surface area contributed by atoms with Gasteiger partial charge in [0.2, 0.25) is 12.7 Å². The van der Waals surface area contributed by atoms with Gasteiger partial charge in [-0.25, -0.2) is 4.79 Å². The van der Waals surface area contributed by atoms with Crippen molar-refractivity contribution in [2.75, 3.05) is 24.5 Å². The van der Waals surface area contributed by atoms with E-state index in [1.165, 1.54) is 11.7 Å². The Morgan fingerprint density at radius 2 is 1.91 bits per heavy atom. The highest BCUT2D eigenvalue weighted by Gasteiger charge is 2.16. The van der Waals surface area contributed by atoms with Crippen molar-refractivity contribution < 1.29 is 19.0 Å². The van der Waals surface area contributed by atoms with E-state index in [0.717, 1.165) is 16.5 Å². The number of nitrogens with zero attached hydrogens (tertiary/aromatic N) is 2. The Balaban J connectivity index is 1.39. The molecule has 5 rings (SSSR count). The summed E-state index contributed by atoms with van der Waals surface area (Å²) in [6, 6.07) is 18.5. The molecule has 0 radical (unpaired) electrons. The molecule has 2 N–H and O–H groups in total. The van der Waals surface area contributed by atoms with Crippen molar-refractivity contribution in [3.05, 3.63) is 82.3 Å². The largest absolute Gasteiger partial charge is 0.495 e. The van der Waals surface area contributed by atoms with Crippen LogP contribution in [0.2, 0.25) is 0 Å². The van der Waals surface area contributed by atoms with Gasteiger partial charge in [-0.1, -0.05) is 24.3 Å². The smallest absolute Gasteiger partial charge is 0.350 e. The fourth-order valence-corrected chi connectivity index (χ4v) is 4.01. The first-order chi connectivity index (χ1) is 17.0. The molecule has 4 aromatic rings. The van der Waals surface area contributed by atoms with Crippen LogP contribution in [-0.4, -0.2) is 29.4 Å². The van der Waals surface area contributed by atoms with Crippen LogP contribution in [0.25, 0.3) is 10.9 Å². The summed E-state index contributed by atoms with van der Waals surface area (Å²) in [5, 5.41) is 6.81. The fourth-order valence-electron chi connectivity index (χ4n) is 4.01. The lowest BCUT2D eigenvalue weighted by Gasteiger charge is -2.15. The summed E-state index contributed by atoms with van der Waals surface area (Å²) in [6.45, 7) is 2.38. The normalized spacial score (nSPS) is 11.9. The number of aryl methyl sites for hydroxylation is 1. The molecule has 1 amide bonds. The fraction of sp³-hybridized carbons (Fsp3) is 0.192. The van der Waals surface area contributed by atoms with Crippen LogP contribution in [0, 0.1) is 6.92 Å². The number of hydrogen-bond acceptors (Lipinski definition) is 7. The number of aromatic nitrogens is 2. The Bertz CT molecular complexity index is 1480. The van der Waals surface area contributed by atoms with Crippen molar-refractivity contribution in [1.82, 2.24) is 9.55 Å². The van der Waals surface area contributed by atoms with Gasteiger partial charge in [0.25, 0.3) is 0 Å². The van der Waals surface area contributed by atoms with E-state index in [4.69, 9.17) is 14.2 Å². The average Bonchev–Trinajstić information content (AvgIpc) is 3.33. The summed E-state index contributed by atoms with van der Waals surface area (Å²) < 4.78 is 17.5. The van der Waals surface area contributed by atoms with Gasteiger partial charge in [0.05, 0.1) is 18.3 Å². The molecule has 0 bridgehead atoms. The summed E-state index contributed by atoms with van der Waals surface area (Å²) in [5.74, 6) is 2.03. The first-order valence-electron chi connectivity index (χ1n) is 11.1. The molecule has 2 heterocycles. The van der Waals surface area contributed by atoms with Crippen LogP contribution in [0.1, 0.15) is 11.1 Å². The number of amides is 1. The van der Waals surface area contributed by atoms with Crippen LogP contribution in [0.5, 0.6) is 17.2 Å². The number of methoxy groups -OCH3 is 1. The van der Waals surface area contributed by atoms with Gasteiger partial charge in [-0.3, -0.25) is 9.36 Å². The van der Waals surface area contributed by atoms with Crippen LogP contribution < -0.4 is 30.5 Å². The van der Waals surface area contributed by atoms with E-state index < -0.39 is 5.69 Å². The number of para-hydroxylation sites is 1. The zero-order valence-electron chi connectivity index (χ0n) is 19.3. The molecule has 1 aromatic heterocycles. The topological polar surface area (TPSA) is 104 Å². The molecule has 35 heavy (non-hydrogen) atoms. The molecular formula is C26H24N4O5. The molecule has 0 unspecified atom stereocenters. The lowest BCUT2D eigenvalue weighted by Crippen LogP contribution is -2.30. The number of carbonyl (C=O) groups is 1. The van der Waals surface area contributed by atoms with Crippen molar-refractivity contribution in [1.29, 1.82) is 0 Å². The monoisotopic (exact) mass is 472 g/mol. The standard InChI is InChI=1S/C26H24N4O5/c1-16-7-9-21(33-2)19(11-16)28-24(31)14-30-20-6-4-3-5-18(20)25(29-26(30)32)27-13-17-8-10-22-23(12-17)35-15-34-22/h3-12H,13-15H2,1-2H3,(H,28,31)(H,27,29,32). The third-order valence-corrected chi connectivity index (χ3v) is 5.72. The molecule has 178 valence electrons. The molecule has 9 heteroatoms. The van der Waals surface area contributed by atoms with E-state index in [-0.39, 0.29) is 19.2 Å². The van der Waals surface area contributed by atoms with Gasteiger partial charge in [0, 0.05) is 11.9 Å². The van der Waals surface area contributed by atoms with Crippen LogP contribution in [0.3, 0.4) is 0 Å². The van der Waals surface area contributed by atoms with Crippen molar-refractivity contribution in [2.24, 2.45) is 0 Å². The number of benzene rings is 3. The number of hydrogen-bond donors (Lipinski definition) is 2. The Labute approximate surface area is 201 Å². The van der Waals surface area contributed by atoms with Crippen LogP contribution in [0.4, 0.5) is 11.5 Å². The van der Waals surface area contributed by atoms with Gasteiger partial charge in [0.1, 0.15) is 18.1 Å². The molecule has 0 fully saturated rings. The molecule has 0 atom stereocenters. The molecule has 9 nitrogen and oxygen atoms in total. The molecule has 0 spiro atoms. The Morgan fingerprint density at radius 3 is 2.77 bits per heavy atom. The van der Waals surface area contributed by atoms with Crippen LogP contribution >= 0.6 is 0 Å². The third-order valence-electron chi connectivity index (χ3n) is 5.72. The van der Waals surface area contributed by atoms with E-state index in [9.17, 15) is 9.59 Å². The second-order valence-corrected chi connectivity index (χ2v) is 8.14. The van der Waals surface area contributed by atoms with Gasteiger partial charge >= 0.3 is 5.69 Å². The first kappa shape index (κ1) is 22.3. The van der Waals surface area contributed by atoms with Gasteiger partial charge < -0.3 is 24.8 Å². The minimum Gasteiger partial charge on any atom is -0.495 e. The van der Waals surface area contributed by atoms with Gasteiger partial charge in [0.15, 0.2) is 11.5 Å². The Kier molecular flexibility index (Phi) is 5.97. The molecule has 0 aliphatic carbocycles. The molecule has 0 saturated heterocycles. The summed E-state index contributed by atoms with van der Waals surface area (Å²) in [6.07, 6.45) is 0. The highest BCUT2D eigenvalue weighted by Crippen LogP contribution is 2.33. The van der Waals surface area contributed by atoms with E-state index in [2.05, 4.69) is 15.6 Å². The van der Waals surface area contributed by atoms with Crippen molar-refractivity contribution in [3.8, 4) is 17.2 Å². The molecule has 1 aliphatic rings. The molecule has 0 saturated carbocycles.